The molecule has 0 fully saturated rings. The Labute approximate surface area is 121 Å². The molecule has 0 spiro atoms. The van der Waals surface area contributed by atoms with Crippen molar-refractivity contribution in [2.24, 2.45) is 0 Å². The number of carbonyl (C=O) groups is 1. The van der Waals surface area contributed by atoms with E-state index in [2.05, 4.69) is 10.2 Å². The van der Waals surface area contributed by atoms with Gasteiger partial charge in [-0.05, 0) is 35.7 Å². The molecule has 0 amide bonds. The first-order valence-corrected chi connectivity index (χ1v) is 6.47. The number of benzene rings is 3. The van der Waals surface area contributed by atoms with E-state index in [-0.39, 0.29) is 5.56 Å². The lowest BCUT2D eigenvalue weighted by Crippen LogP contribution is -2.14. The van der Waals surface area contributed by atoms with Gasteiger partial charge in [0.1, 0.15) is 0 Å². The second-order valence-corrected chi connectivity index (χ2v) is 4.60. The highest BCUT2D eigenvalue weighted by atomic mass is 17.1. The summed E-state index contributed by atoms with van der Waals surface area (Å²) in [5, 5.41) is 15.4. The van der Waals surface area contributed by atoms with Crippen LogP contribution in [-0.4, -0.2) is 5.97 Å². The molecular weight excluding hydrogens is 266 g/mol. The molecular formula is C17H12NO3-. The van der Waals surface area contributed by atoms with Gasteiger partial charge in [0.2, 0.25) is 0 Å². The van der Waals surface area contributed by atoms with Gasteiger partial charge in [-0.3, -0.25) is 0 Å². The van der Waals surface area contributed by atoms with E-state index in [4.69, 9.17) is 0 Å². The molecule has 104 valence electrons. The van der Waals surface area contributed by atoms with Crippen molar-refractivity contribution in [2.75, 3.05) is 5.32 Å². The molecule has 0 aliphatic carbocycles. The zero-order valence-electron chi connectivity index (χ0n) is 11.1. The molecule has 4 heteroatoms. The van der Waals surface area contributed by atoms with E-state index in [1.54, 1.807) is 18.2 Å². The SMILES string of the molecule is O=C(O[O-])c1ccc2cccc(Nc3ccccc3)c2c1. The normalized spacial score (nSPS) is 10.3. The van der Waals surface area contributed by atoms with Crippen LogP contribution in [0.3, 0.4) is 0 Å². The van der Waals surface area contributed by atoms with Gasteiger partial charge in [0, 0.05) is 16.8 Å². The van der Waals surface area contributed by atoms with Crippen molar-refractivity contribution in [3.8, 4) is 0 Å². The zero-order chi connectivity index (χ0) is 14.7. The van der Waals surface area contributed by atoms with E-state index in [1.165, 1.54) is 0 Å². The number of carbonyl (C=O) groups excluding carboxylic acids is 1. The number of nitrogens with one attached hydrogen (secondary N) is 1. The van der Waals surface area contributed by atoms with Crippen LogP contribution in [0, 0.1) is 0 Å². The first-order chi connectivity index (χ1) is 10.3. The molecule has 0 bridgehead atoms. The Bertz CT molecular complexity index is 784. The summed E-state index contributed by atoms with van der Waals surface area (Å²) in [4.78, 5) is 14.9. The van der Waals surface area contributed by atoms with E-state index in [0.717, 1.165) is 22.1 Å². The quantitative estimate of drug-likeness (QED) is 0.591. The van der Waals surface area contributed by atoms with Gasteiger partial charge < -0.3 is 15.5 Å². The summed E-state index contributed by atoms with van der Waals surface area (Å²) in [6.07, 6.45) is 0. The molecule has 3 aromatic carbocycles. The van der Waals surface area contributed by atoms with E-state index in [0.29, 0.717) is 0 Å². The van der Waals surface area contributed by atoms with Gasteiger partial charge in [-0.2, -0.15) is 0 Å². The Morgan fingerprint density at radius 2 is 1.76 bits per heavy atom. The monoisotopic (exact) mass is 278 g/mol. The lowest BCUT2D eigenvalue weighted by molar-refractivity contribution is -0.653. The van der Waals surface area contributed by atoms with Crippen LogP contribution in [0.1, 0.15) is 10.4 Å². The van der Waals surface area contributed by atoms with Crippen molar-refractivity contribution in [3.63, 3.8) is 0 Å². The van der Waals surface area contributed by atoms with Gasteiger partial charge in [0.15, 0.2) is 0 Å². The van der Waals surface area contributed by atoms with Crippen molar-refractivity contribution in [1.82, 2.24) is 0 Å². The third-order valence-electron chi connectivity index (χ3n) is 3.25. The Kier molecular flexibility index (Phi) is 3.53. The maximum absolute atomic E-state index is 11.4. The lowest BCUT2D eigenvalue weighted by atomic mass is 10.1. The topological polar surface area (TPSA) is 61.4 Å². The maximum atomic E-state index is 11.4. The van der Waals surface area contributed by atoms with Crippen molar-refractivity contribution < 1.29 is 14.9 Å². The van der Waals surface area contributed by atoms with Crippen LogP contribution in [-0.2, 0) is 4.89 Å². The smallest absolute Gasteiger partial charge is 0.332 e. The summed E-state index contributed by atoms with van der Waals surface area (Å²) in [6.45, 7) is 0. The summed E-state index contributed by atoms with van der Waals surface area (Å²) in [7, 11) is 0. The van der Waals surface area contributed by atoms with Crippen LogP contribution < -0.4 is 10.6 Å². The maximum Gasteiger partial charge on any atom is 0.332 e. The standard InChI is InChI=1S/C17H13NO3/c19-17(21-20)13-10-9-12-5-4-8-16(15(12)11-13)18-14-6-2-1-3-7-14/h1-11,18,20H/p-1. The number of anilines is 2. The van der Waals surface area contributed by atoms with Gasteiger partial charge in [-0.1, -0.05) is 36.4 Å². The van der Waals surface area contributed by atoms with Gasteiger partial charge in [-0.25, -0.2) is 4.79 Å². The number of fused-ring (bicyclic) bond motifs is 1. The number of hydrogen-bond acceptors (Lipinski definition) is 4. The fraction of sp³-hybridized carbons (Fsp3) is 0. The third kappa shape index (κ3) is 2.70. The molecule has 4 nitrogen and oxygen atoms in total. The van der Waals surface area contributed by atoms with E-state index < -0.39 is 5.97 Å². The van der Waals surface area contributed by atoms with Crippen molar-refractivity contribution in [1.29, 1.82) is 0 Å². The van der Waals surface area contributed by atoms with Gasteiger partial charge in [0.05, 0.1) is 5.56 Å². The average Bonchev–Trinajstić information content (AvgIpc) is 2.55. The molecule has 0 atom stereocenters. The first kappa shape index (κ1) is 13.1. The fourth-order valence-corrected chi connectivity index (χ4v) is 2.23. The molecule has 0 radical (unpaired) electrons. The highest BCUT2D eigenvalue weighted by Crippen LogP contribution is 2.27. The number of para-hydroxylation sites is 1. The largest absolute Gasteiger partial charge is 0.661 e. The molecule has 3 rings (SSSR count). The van der Waals surface area contributed by atoms with Crippen LogP contribution in [0.25, 0.3) is 10.8 Å². The molecule has 21 heavy (non-hydrogen) atoms. The number of hydrogen-bond donors (Lipinski definition) is 1. The summed E-state index contributed by atoms with van der Waals surface area (Å²) in [6, 6.07) is 20.5. The fourth-order valence-electron chi connectivity index (χ4n) is 2.23. The van der Waals surface area contributed by atoms with E-state index >= 15 is 0 Å². The molecule has 0 saturated heterocycles. The minimum Gasteiger partial charge on any atom is -0.661 e. The third-order valence-corrected chi connectivity index (χ3v) is 3.25. The van der Waals surface area contributed by atoms with Crippen LogP contribution in [0.2, 0.25) is 0 Å². The average molecular weight is 278 g/mol. The second kappa shape index (κ2) is 5.64. The van der Waals surface area contributed by atoms with Gasteiger partial charge in [-0.15, -0.1) is 0 Å². The molecule has 0 saturated carbocycles. The Morgan fingerprint density at radius 1 is 0.952 bits per heavy atom. The van der Waals surface area contributed by atoms with Crippen molar-refractivity contribution >= 4 is 28.1 Å². The summed E-state index contributed by atoms with van der Waals surface area (Å²) >= 11 is 0. The summed E-state index contributed by atoms with van der Waals surface area (Å²) in [5.74, 6) is -0.883. The van der Waals surface area contributed by atoms with E-state index in [1.807, 2.05) is 48.5 Å². The molecule has 0 aliphatic heterocycles. The first-order valence-electron chi connectivity index (χ1n) is 6.47. The Hall–Kier alpha value is -2.85. The predicted octanol–water partition coefficient (Wildman–Crippen LogP) is 3.02. The lowest BCUT2D eigenvalue weighted by Gasteiger charge is -2.12. The Balaban J connectivity index is 2.07. The van der Waals surface area contributed by atoms with Gasteiger partial charge in [0.25, 0.3) is 0 Å². The minimum atomic E-state index is -0.883. The molecule has 1 N–H and O–H groups in total. The Morgan fingerprint density at radius 3 is 2.52 bits per heavy atom. The van der Waals surface area contributed by atoms with Crippen molar-refractivity contribution in [3.05, 3.63) is 72.3 Å². The zero-order valence-corrected chi connectivity index (χ0v) is 11.1. The molecule has 0 aliphatic rings. The van der Waals surface area contributed by atoms with Crippen molar-refractivity contribution in [2.45, 2.75) is 0 Å². The summed E-state index contributed by atoms with van der Waals surface area (Å²) in [5.41, 5.74) is 2.04. The van der Waals surface area contributed by atoms with Crippen LogP contribution in [0.4, 0.5) is 11.4 Å². The highest BCUT2D eigenvalue weighted by molar-refractivity contribution is 6.00. The van der Waals surface area contributed by atoms with Gasteiger partial charge >= 0.3 is 5.97 Å². The molecule has 0 unspecified atom stereocenters. The second-order valence-electron chi connectivity index (χ2n) is 4.60. The predicted molar refractivity (Wildman–Crippen MR) is 79.1 cm³/mol. The molecule has 0 heterocycles. The molecule has 0 aromatic heterocycles. The highest BCUT2D eigenvalue weighted by Gasteiger charge is 2.07. The van der Waals surface area contributed by atoms with E-state index in [9.17, 15) is 10.1 Å². The summed E-state index contributed by atoms with van der Waals surface area (Å²) < 4.78 is 0. The van der Waals surface area contributed by atoms with Crippen LogP contribution in [0.15, 0.2) is 66.7 Å². The van der Waals surface area contributed by atoms with Crippen LogP contribution in [0.5, 0.6) is 0 Å². The molecule has 3 aromatic rings. The van der Waals surface area contributed by atoms with Crippen LogP contribution >= 0.6 is 0 Å². The number of rotatable bonds is 3. The minimum absolute atomic E-state index is 0.236.